The van der Waals surface area contributed by atoms with E-state index in [0.717, 1.165) is 17.8 Å². The summed E-state index contributed by atoms with van der Waals surface area (Å²) in [6, 6.07) is 6.52. The SMILES string of the molecule is CNc1nc(N)nc2c1ncn2[C@@H]1O[C@](F)(CO[P@@](=O)(N[C@@H](C)C(=O)OC(C)C)Oc2ccccc2)[C@@H](O)[C@@]1(C)F. The molecule has 3 heterocycles. The summed E-state index contributed by atoms with van der Waals surface area (Å²) < 4.78 is 68.2. The fourth-order valence-electron chi connectivity index (χ4n) is 4.15. The first-order chi connectivity index (χ1) is 19.2. The van der Waals surface area contributed by atoms with Crippen LogP contribution in [0.5, 0.6) is 5.75 Å². The van der Waals surface area contributed by atoms with Gasteiger partial charge in [0, 0.05) is 7.05 Å². The predicted molar refractivity (Wildman–Crippen MR) is 143 cm³/mol. The van der Waals surface area contributed by atoms with Crippen LogP contribution in [0.1, 0.15) is 33.9 Å². The van der Waals surface area contributed by atoms with Crippen molar-refractivity contribution < 1.29 is 41.8 Å². The van der Waals surface area contributed by atoms with Gasteiger partial charge in [0.2, 0.25) is 5.95 Å². The second-order valence-corrected chi connectivity index (χ2v) is 11.5. The van der Waals surface area contributed by atoms with Crippen LogP contribution in [0.15, 0.2) is 36.7 Å². The number of nitrogens with two attached hydrogens (primary N) is 1. The average Bonchev–Trinajstić information content (AvgIpc) is 3.39. The highest BCUT2D eigenvalue weighted by Crippen LogP contribution is 2.52. The smallest absolute Gasteiger partial charge is 0.459 e. The number of imidazole rings is 1. The van der Waals surface area contributed by atoms with Crippen molar-refractivity contribution in [3.63, 3.8) is 0 Å². The van der Waals surface area contributed by atoms with Gasteiger partial charge in [-0.2, -0.15) is 15.1 Å². The van der Waals surface area contributed by atoms with Gasteiger partial charge in [0.1, 0.15) is 18.4 Å². The lowest BCUT2D eigenvalue weighted by Gasteiger charge is -2.28. The first-order valence-electron chi connectivity index (χ1n) is 12.6. The van der Waals surface area contributed by atoms with Gasteiger partial charge < -0.3 is 30.2 Å². The Morgan fingerprint density at radius 2 is 1.95 bits per heavy atom. The number of alkyl halides is 2. The van der Waals surface area contributed by atoms with E-state index in [1.165, 1.54) is 19.1 Å². The van der Waals surface area contributed by atoms with E-state index < -0.39 is 56.3 Å². The lowest BCUT2D eigenvalue weighted by atomic mass is 9.97. The number of rotatable bonds is 11. The number of anilines is 2. The summed E-state index contributed by atoms with van der Waals surface area (Å²) in [5.74, 6) is -3.90. The number of ether oxygens (including phenoxy) is 2. The quantitative estimate of drug-likeness (QED) is 0.186. The molecule has 1 aromatic carbocycles. The second-order valence-electron chi connectivity index (χ2n) is 9.83. The third-order valence-corrected chi connectivity index (χ3v) is 7.74. The number of nitrogens with one attached hydrogen (secondary N) is 2. The van der Waals surface area contributed by atoms with E-state index >= 15 is 8.78 Å². The molecule has 1 fully saturated rings. The van der Waals surface area contributed by atoms with Crippen molar-refractivity contribution in [1.29, 1.82) is 0 Å². The zero-order valence-electron chi connectivity index (χ0n) is 22.9. The van der Waals surface area contributed by atoms with Crippen LogP contribution < -0.4 is 20.7 Å². The second kappa shape index (κ2) is 11.4. The molecule has 1 aliphatic rings. The largest absolute Gasteiger partial charge is 0.462 e. The molecule has 0 saturated carbocycles. The Kier molecular flexibility index (Phi) is 8.52. The number of carbonyl (C=O) groups excluding carboxylic acids is 1. The summed E-state index contributed by atoms with van der Waals surface area (Å²) in [7, 11) is -3.00. The first-order valence-corrected chi connectivity index (χ1v) is 14.1. The maximum Gasteiger partial charge on any atom is 0.459 e. The minimum atomic E-state index is -4.56. The third-order valence-electron chi connectivity index (χ3n) is 6.12. The zero-order valence-corrected chi connectivity index (χ0v) is 23.8. The van der Waals surface area contributed by atoms with E-state index in [-0.39, 0.29) is 28.7 Å². The molecule has 2 aromatic heterocycles. The van der Waals surface area contributed by atoms with Crippen LogP contribution in [0.2, 0.25) is 0 Å². The minimum Gasteiger partial charge on any atom is -0.462 e. The highest BCUT2D eigenvalue weighted by Gasteiger charge is 2.65. The predicted octanol–water partition coefficient (Wildman–Crippen LogP) is 2.87. The average molecular weight is 600 g/mol. The molecule has 0 unspecified atom stereocenters. The van der Waals surface area contributed by atoms with Crippen LogP contribution in [0.25, 0.3) is 11.2 Å². The highest BCUT2D eigenvalue weighted by molar-refractivity contribution is 7.52. The summed E-state index contributed by atoms with van der Waals surface area (Å²) in [4.78, 5) is 24.5. The third kappa shape index (κ3) is 6.26. The van der Waals surface area contributed by atoms with Gasteiger partial charge in [-0.25, -0.2) is 18.3 Å². The van der Waals surface area contributed by atoms with Gasteiger partial charge in [0.15, 0.2) is 35.0 Å². The van der Waals surface area contributed by atoms with Gasteiger partial charge in [0.05, 0.1) is 12.4 Å². The Labute approximate surface area is 234 Å². The molecule has 5 N–H and O–H groups in total. The Morgan fingerprint density at radius 3 is 2.59 bits per heavy atom. The molecule has 4 rings (SSSR count). The molecular formula is C24H32F2N7O7P. The van der Waals surface area contributed by atoms with E-state index in [2.05, 4.69) is 25.4 Å². The van der Waals surface area contributed by atoms with Crippen LogP contribution >= 0.6 is 7.75 Å². The van der Waals surface area contributed by atoms with Crippen LogP contribution in [-0.4, -0.2) is 74.0 Å². The van der Waals surface area contributed by atoms with Crippen molar-refractivity contribution in [3.8, 4) is 5.75 Å². The van der Waals surface area contributed by atoms with Crippen molar-refractivity contribution >= 4 is 36.6 Å². The molecule has 0 radical (unpaired) electrons. The molecule has 0 amide bonds. The number of halogens is 2. The van der Waals surface area contributed by atoms with E-state index in [9.17, 15) is 14.5 Å². The maximum absolute atomic E-state index is 16.2. The number of nitrogens with zero attached hydrogens (tertiary/aromatic N) is 4. The number of hydrogen-bond acceptors (Lipinski definition) is 12. The number of aliphatic hydroxyl groups is 1. The van der Waals surface area contributed by atoms with Crippen LogP contribution in [-0.2, 0) is 23.4 Å². The number of hydrogen-bond donors (Lipinski definition) is 4. The van der Waals surface area contributed by atoms with Crippen molar-refractivity contribution in [2.45, 2.75) is 63.7 Å². The first kappa shape index (κ1) is 30.5. The van der Waals surface area contributed by atoms with Gasteiger partial charge in [-0.05, 0) is 39.8 Å². The Morgan fingerprint density at radius 1 is 1.27 bits per heavy atom. The van der Waals surface area contributed by atoms with Gasteiger partial charge >= 0.3 is 13.7 Å². The lowest BCUT2D eigenvalue weighted by molar-refractivity contribution is -0.202. The number of benzene rings is 1. The molecule has 1 saturated heterocycles. The lowest BCUT2D eigenvalue weighted by Crippen LogP contribution is -2.47. The van der Waals surface area contributed by atoms with Crippen LogP contribution in [0.4, 0.5) is 20.5 Å². The van der Waals surface area contributed by atoms with Gasteiger partial charge in [-0.15, -0.1) is 0 Å². The molecule has 6 atom stereocenters. The zero-order chi connectivity index (χ0) is 30.2. The van der Waals surface area contributed by atoms with E-state index in [0.29, 0.717) is 0 Å². The fourth-order valence-corrected chi connectivity index (χ4v) is 5.66. The number of aromatic nitrogens is 4. The molecule has 0 spiro atoms. The van der Waals surface area contributed by atoms with Crippen LogP contribution in [0.3, 0.4) is 0 Å². The maximum atomic E-state index is 16.2. The summed E-state index contributed by atoms with van der Waals surface area (Å²) >= 11 is 0. The Balaban J connectivity index is 1.61. The number of carbonyl (C=O) groups is 1. The van der Waals surface area contributed by atoms with Crippen molar-refractivity contribution in [1.82, 2.24) is 24.6 Å². The molecule has 0 bridgehead atoms. The monoisotopic (exact) mass is 599 g/mol. The molecule has 224 valence electrons. The van der Waals surface area contributed by atoms with Gasteiger partial charge in [0.25, 0.3) is 5.85 Å². The highest BCUT2D eigenvalue weighted by atomic mass is 31.2. The molecule has 1 aliphatic heterocycles. The number of nitrogen functional groups attached to an aromatic ring is 1. The van der Waals surface area contributed by atoms with Crippen molar-refractivity contribution in [2.75, 3.05) is 24.7 Å². The van der Waals surface area contributed by atoms with Crippen molar-refractivity contribution in [3.05, 3.63) is 36.7 Å². The van der Waals surface area contributed by atoms with Gasteiger partial charge in [-0.1, -0.05) is 18.2 Å². The molecule has 3 aromatic rings. The topological polar surface area (TPSA) is 185 Å². The molecule has 41 heavy (non-hydrogen) atoms. The number of aliphatic hydroxyl groups excluding tert-OH is 1. The van der Waals surface area contributed by atoms with Crippen molar-refractivity contribution in [2.24, 2.45) is 0 Å². The minimum absolute atomic E-state index is 0.00494. The Bertz CT molecular complexity index is 1440. The summed E-state index contributed by atoms with van der Waals surface area (Å²) in [6.07, 6.45) is -3.58. The number of esters is 1. The molecule has 0 aliphatic carbocycles. The Hall–Kier alpha value is -3.43. The summed E-state index contributed by atoms with van der Waals surface area (Å²) in [5, 5.41) is 15.9. The number of para-hydroxylation sites is 1. The standard InChI is InChI=1S/C24H32F2N7O7P/c1-13(2)38-19(34)14(3)32-41(36,40-15-9-7-6-8-10-15)37-11-24(26)20(35)23(4,25)21(39-24)33-12-29-16-17(28-5)30-22(27)31-18(16)33/h6-10,12-14,20-21,35H,11H2,1-5H3,(H,32,36)(H3,27,28,30,31)/t14-,20-,21+,23+,24+,41-/m0/s1. The van der Waals surface area contributed by atoms with E-state index in [4.69, 9.17) is 24.3 Å². The van der Waals surface area contributed by atoms with Crippen LogP contribution in [0, 0.1) is 0 Å². The fraction of sp³-hybridized carbons (Fsp3) is 0.500. The van der Waals surface area contributed by atoms with E-state index in [1.54, 1.807) is 39.1 Å². The molecule has 14 nitrogen and oxygen atoms in total. The molecule has 17 heteroatoms. The summed E-state index contributed by atoms with van der Waals surface area (Å²) in [5.41, 5.74) is 3.18. The normalized spacial score (nSPS) is 26.6. The molecular weight excluding hydrogens is 567 g/mol. The van der Waals surface area contributed by atoms with Gasteiger partial charge in [-0.3, -0.25) is 13.9 Å². The summed E-state index contributed by atoms with van der Waals surface area (Å²) in [6.45, 7) is 4.24. The number of fused-ring (bicyclic) bond motifs is 1. The van der Waals surface area contributed by atoms with E-state index in [1.807, 2.05) is 0 Å².